The molecule has 1 aromatic carbocycles. The number of hydrogen-bond acceptors (Lipinski definition) is 6. The Morgan fingerprint density at radius 1 is 1.29 bits per heavy atom. The van der Waals surface area contributed by atoms with Gasteiger partial charge in [0.15, 0.2) is 0 Å². The quantitative estimate of drug-likeness (QED) is 0.855. The number of halogens is 2. The maximum Gasteiger partial charge on any atom is 0.259 e. The van der Waals surface area contributed by atoms with Gasteiger partial charge in [-0.3, -0.25) is 15.0 Å². The van der Waals surface area contributed by atoms with Gasteiger partial charge in [0.05, 0.1) is 23.8 Å². The smallest absolute Gasteiger partial charge is 0.259 e. The summed E-state index contributed by atoms with van der Waals surface area (Å²) >= 11 is 13.2. The molecule has 2 heterocycles. The van der Waals surface area contributed by atoms with Crippen LogP contribution in [0.2, 0.25) is 10.0 Å². The molecule has 1 N–H and O–H groups in total. The first-order valence-corrected chi connectivity index (χ1v) is 9.08. The molecule has 0 unspecified atom stereocenters. The van der Waals surface area contributed by atoms with Gasteiger partial charge in [0, 0.05) is 31.1 Å². The monoisotopic (exact) mass is 386 g/mol. The van der Waals surface area contributed by atoms with Crippen molar-refractivity contribution in [3.8, 4) is 0 Å². The minimum absolute atomic E-state index is 0.303. The highest BCUT2D eigenvalue weighted by atomic mass is 35.5. The Bertz CT molecular complexity index is 719. The highest BCUT2D eigenvalue weighted by Crippen LogP contribution is 2.23. The zero-order valence-electron chi connectivity index (χ0n) is 12.8. The minimum Gasteiger partial charge on any atom is -0.379 e. The number of ether oxygens (including phenoxy) is 1. The fourth-order valence-corrected chi connectivity index (χ4v) is 3.54. The summed E-state index contributed by atoms with van der Waals surface area (Å²) in [5, 5.41) is 13.0. The second-order valence-electron chi connectivity index (χ2n) is 5.28. The first kappa shape index (κ1) is 17.6. The molecule has 128 valence electrons. The zero-order valence-corrected chi connectivity index (χ0v) is 15.1. The summed E-state index contributed by atoms with van der Waals surface area (Å²) in [6.45, 7) is 4.35. The molecule has 1 fully saturated rings. The van der Waals surface area contributed by atoms with Gasteiger partial charge in [0.25, 0.3) is 5.91 Å². The van der Waals surface area contributed by atoms with Gasteiger partial charge < -0.3 is 4.74 Å². The second kappa shape index (κ2) is 8.22. The Morgan fingerprint density at radius 3 is 2.83 bits per heavy atom. The molecule has 1 aromatic heterocycles. The topological polar surface area (TPSA) is 67.4 Å². The fourth-order valence-electron chi connectivity index (χ4n) is 2.32. The molecule has 2 aromatic rings. The molecule has 0 saturated carbocycles. The van der Waals surface area contributed by atoms with Gasteiger partial charge in [-0.1, -0.05) is 34.5 Å². The number of amides is 1. The summed E-state index contributed by atoms with van der Waals surface area (Å²) in [5.74, 6) is -0.326. The van der Waals surface area contributed by atoms with Crippen LogP contribution in [0.1, 0.15) is 15.4 Å². The number of rotatable bonds is 5. The first-order valence-electron chi connectivity index (χ1n) is 7.51. The fraction of sp³-hybridized carbons (Fsp3) is 0.400. The standard InChI is InChI=1S/C15H16Cl2N4O2S/c16-10-1-2-11(12(17)9-10)14(22)18-15-20-19-13(24-15)3-4-21-5-7-23-8-6-21/h1-2,9H,3-8H2,(H,18,20,22). The number of nitrogens with zero attached hydrogens (tertiary/aromatic N) is 3. The second-order valence-corrected chi connectivity index (χ2v) is 7.19. The SMILES string of the molecule is O=C(Nc1nnc(CCN2CCOCC2)s1)c1ccc(Cl)cc1Cl. The third kappa shape index (κ3) is 4.64. The van der Waals surface area contributed by atoms with Crippen molar-refractivity contribution in [3.63, 3.8) is 0 Å². The van der Waals surface area contributed by atoms with E-state index in [1.807, 2.05) is 0 Å². The Kier molecular flexibility index (Phi) is 6.02. The third-order valence-electron chi connectivity index (χ3n) is 3.61. The number of carbonyl (C=O) groups is 1. The average Bonchev–Trinajstić information content (AvgIpc) is 3.01. The van der Waals surface area contributed by atoms with Crippen LogP contribution in [0.4, 0.5) is 5.13 Å². The zero-order chi connectivity index (χ0) is 16.9. The Hall–Kier alpha value is -1.25. The first-order chi connectivity index (χ1) is 11.6. The lowest BCUT2D eigenvalue weighted by Gasteiger charge is -2.25. The van der Waals surface area contributed by atoms with Crippen molar-refractivity contribution >= 4 is 45.6 Å². The van der Waals surface area contributed by atoms with Crippen molar-refractivity contribution < 1.29 is 9.53 Å². The number of hydrogen-bond donors (Lipinski definition) is 1. The predicted molar refractivity (Wildman–Crippen MR) is 95.3 cm³/mol. The molecule has 0 atom stereocenters. The van der Waals surface area contributed by atoms with Crippen LogP contribution in [0.15, 0.2) is 18.2 Å². The number of aromatic nitrogens is 2. The summed E-state index contributed by atoms with van der Waals surface area (Å²) < 4.78 is 5.33. The summed E-state index contributed by atoms with van der Waals surface area (Å²) in [5.41, 5.74) is 0.353. The molecule has 1 amide bonds. The van der Waals surface area contributed by atoms with E-state index in [9.17, 15) is 4.79 Å². The van der Waals surface area contributed by atoms with Gasteiger partial charge in [-0.05, 0) is 18.2 Å². The minimum atomic E-state index is -0.326. The molecular weight excluding hydrogens is 371 g/mol. The van der Waals surface area contributed by atoms with Crippen LogP contribution in [0.3, 0.4) is 0 Å². The van der Waals surface area contributed by atoms with E-state index in [1.54, 1.807) is 12.1 Å². The third-order valence-corrected chi connectivity index (χ3v) is 5.05. The molecule has 6 nitrogen and oxygen atoms in total. The summed E-state index contributed by atoms with van der Waals surface area (Å²) in [6.07, 6.45) is 0.801. The summed E-state index contributed by atoms with van der Waals surface area (Å²) in [6, 6.07) is 4.74. The van der Waals surface area contributed by atoms with Crippen molar-refractivity contribution in [1.82, 2.24) is 15.1 Å². The van der Waals surface area contributed by atoms with Crippen LogP contribution in [0, 0.1) is 0 Å². The van der Waals surface area contributed by atoms with Crippen LogP contribution in [-0.2, 0) is 11.2 Å². The molecule has 1 aliphatic heterocycles. The van der Waals surface area contributed by atoms with E-state index in [1.165, 1.54) is 17.4 Å². The van der Waals surface area contributed by atoms with Gasteiger partial charge in [0.2, 0.25) is 5.13 Å². The Balaban J connectivity index is 1.56. The van der Waals surface area contributed by atoms with Crippen molar-refractivity contribution in [1.29, 1.82) is 0 Å². The van der Waals surface area contributed by atoms with Crippen LogP contribution in [0.25, 0.3) is 0 Å². The van der Waals surface area contributed by atoms with Crippen molar-refractivity contribution in [2.75, 3.05) is 38.2 Å². The summed E-state index contributed by atoms with van der Waals surface area (Å²) in [4.78, 5) is 14.6. The van der Waals surface area contributed by atoms with Crippen LogP contribution >= 0.6 is 34.5 Å². The maximum absolute atomic E-state index is 12.2. The number of anilines is 1. The molecule has 0 aliphatic carbocycles. The van der Waals surface area contributed by atoms with Gasteiger partial charge in [0.1, 0.15) is 5.01 Å². The van der Waals surface area contributed by atoms with Gasteiger partial charge in [-0.15, -0.1) is 10.2 Å². The molecule has 24 heavy (non-hydrogen) atoms. The highest BCUT2D eigenvalue weighted by Gasteiger charge is 2.15. The number of benzene rings is 1. The lowest BCUT2D eigenvalue weighted by Crippen LogP contribution is -2.37. The lowest BCUT2D eigenvalue weighted by atomic mass is 10.2. The van der Waals surface area contributed by atoms with Crippen LogP contribution in [-0.4, -0.2) is 53.9 Å². The predicted octanol–water partition coefficient (Wildman–Crippen LogP) is 2.97. The van der Waals surface area contributed by atoms with E-state index in [0.29, 0.717) is 20.7 Å². The largest absolute Gasteiger partial charge is 0.379 e. The van der Waals surface area contributed by atoms with Gasteiger partial charge >= 0.3 is 0 Å². The molecular formula is C15H16Cl2N4O2S. The number of morpholine rings is 1. The Labute approximate surface area is 153 Å². The molecule has 0 radical (unpaired) electrons. The van der Waals surface area contributed by atoms with Crippen LogP contribution in [0.5, 0.6) is 0 Å². The van der Waals surface area contributed by atoms with Gasteiger partial charge in [-0.25, -0.2) is 0 Å². The van der Waals surface area contributed by atoms with E-state index >= 15 is 0 Å². The molecule has 1 aliphatic rings. The van der Waals surface area contributed by atoms with E-state index < -0.39 is 0 Å². The van der Waals surface area contributed by atoms with Crippen molar-refractivity contribution in [2.24, 2.45) is 0 Å². The molecule has 0 spiro atoms. The highest BCUT2D eigenvalue weighted by molar-refractivity contribution is 7.15. The van der Waals surface area contributed by atoms with Gasteiger partial charge in [-0.2, -0.15) is 0 Å². The molecule has 9 heteroatoms. The van der Waals surface area contributed by atoms with Crippen molar-refractivity contribution in [2.45, 2.75) is 6.42 Å². The Morgan fingerprint density at radius 2 is 2.08 bits per heavy atom. The molecule has 3 rings (SSSR count). The van der Waals surface area contributed by atoms with E-state index in [0.717, 1.165) is 44.3 Å². The van der Waals surface area contributed by atoms with Crippen molar-refractivity contribution in [3.05, 3.63) is 38.8 Å². The average molecular weight is 387 g/mol. The number of nitrogens with one attached hydrogen (secondary N) is 1. The van der Waals surface area contributed by atoms with Crippen LogP contribution < -0.4 is 5.32 Å². The van der Waals surface area contributed by atoms with E-state index in [-0.39, 0.29) is 5.91 Å². The molecule has 0 bridgehead atoms. The maximum atomic E-state index is 12.2. The van der Waals surface area contributed by atoms with E-state index in [4.69, 9.17) is 27.9 Å². The number of carbonyl (C=O) groups excluding carboxylic acids is 1. The normalized spacial score (nSPS) is 15.4. The summed E-state index contributed by atoms with van der Waals surface area (Å²) in [7, 11) is 0. The lowest BCUT2D eigenvalue weighted by molar-refractivity contribution is 0.0384. The van der Waals surface area contributed by atoms with E-state index in [2.05, 4.69) is 20.4 Å². The molecule has 1 saturated heterocycles.